The van der Waals surface area contributed by atoms with E-state index in [1.54, 1.807) is 42.5 Å². The molecule has 0 saturated heterocycles. The summed E-state index contributed by atoms with van der Waals surface area (Å²) >= 11 is 5.92. The van der Waals surface area contributed by atoms with Gasteiger partial charge in [-0.15, -0.1) is 0 Å². The number of rotatable bonds is 6. The molecule has 0 aliphatic heterocycles. The van der Waals surface area contributed by atoms with Crippen molar-refractivity contribution in [3.63, 3.8) is 0 Å². The molecule has 0 saturated carbocycles. The summed E-state index contributed by atoms with van der Waals surface area (Å²) < 4.78 is 5.50. The van der Waals surface area contributed by atoms with Crippen LogP contribution < -0.4 is 15.4 Å². The Hall–Kier alpha value is -3.31. The molecule has 2 amide bonds. The van der Waals surface area contributed by atoms with Gasteiger partial charge in [0.2, 0.25) is 0 Å². The smallest absolute Gasteiger partial charge is 0.262 e. The fourth-order valence-electron chi connectivity index (χ4n) is 2.65. The first-order valence-corrected chi connectivity index (χ1v) is 9.45. The Balaban J connectivity index is 1.52. The Kier molecular flexibility index (Phi) is 6.52. The minimum Gasteiger partial charge on any atom is -0.484 e. The standard InChI is InChI=1S/C23H21ClN2O3/c1-15-3-8-19(9-4-15)25-23(28)17-5-10-20(11-6-17)29-14-22(27)26-21-12-7-18(24)13-16(21)2/h3-13H,14H2,1-2H3,(H,25,28)(H,26,27). The number of ether oxygens (including phenoxy) is 1. The van der Waals surface area contributed by atoms with Crippen molar-refractivity contribution in [2.24, 2.45) is 0 Å². The topological polar surface area (TPSA) is 67.4 Å². The average Bonchev–Trinajstić information content (AvgIpc) is 2.70. The van der Waals surface area contributed by atoms with Gasteiger partial charge in [-0.3, -0.25) is 9.59 Å². The molecular formula is C23H21ClN2O3. The molecule has 0 aliphatic carbocycles. The van der Waals surface area contributed by atoms with Crippen molar-refractivity contribution in [3.05, 3.63) is 88.4 Å². The van der Waals surface area contributed by atoms with Gasteiger partial charge in [0.25, 0.3) is 11.8 Å². The number of benzene rings is 3. The first-order valence-electron chi connectivity index (χ1n) is 9.07. The lowest BCUT2D eigenvalue weighted by atomic mass is 10.2. The second-order valence-corrected chi connectivity index (χ2v) is 7.08. The Bertz CT molecular complexity index is 1020. The molecule has 0 heterocycles. The van der Waals surface area contributed by atoms with E-state index in [9.17, 15) is 9.59 Å². The lowest BCUT2D eigenvalue weighted by Gasteiger charge is -2.10. The molecule has 0 unspecified atom stereocenters. The number of anilines is 2. The van der Waals surface area contributed by atoms with E-state index in [-0.39, 0.29) is 18.4 Å². The van der Waals surface area contributed by atoms with E-state index in [0.29, 0.717) is 22.0 Å². The number of amides is 2. The highest BCUT2D eigenvalue weighted by Gasteiger charge is 2.09. The number of carbonyl (C=O) groups excluding carboxylic acids is 2. The second kappa shape index (κ2) is 9.26. The molecule has 3 rings (SSSR count). The first-order chi connectivity index (χ1) is 13.9. The van der Waals surface area contributed by atoms with Gasteiger partial charge in [-0.25, -0.2) is 0 Å². The minimum atomic E-state index is -0.281. The molecule has 3 aromatic carbocycles. The summed E-state index contributed by atoms with van der Waals surface area (Å²) in [5.41, 5.74) is 3.91. The van der Waals surface area contributed by atoms with Crippen molar-refractivity contribution in [1.82, 2.24) is 0 Å². The summed E-state index contributed by atoms with van der Waals surface area (Å²) in [7, 11) is 0. The van der Waals surface area contributed by atoms with Crippen LogP contribution in [0.3, 0.4) is 0 Å². The predicted molar refractivity (Wildman–Crippen MR) is 116 cm³/mol. The fourth-order valence-corrected chi connectivity index (χ4v) is 2.87. The van der Waals surface area contributed by atoms with Gasteiger partial charge >= 0.3 is 0 Å². The van der Waals surface area contributed by atoms with Gasteiger partial charge < -0.3 is 15.4 Å². The third-order valence-electron chi connectivity index (χ3n) is 4.26. The number of hydrogen-bond donors (Lipinski definition) is 2. The van der Waals surface area contributed by atoms with Crippen LogP contribution in [-0.2, 0) is 4.79 Å². The van der Waals surface area contributed by atoms with E-state index in [0.717, 1.165) is 16.8 Å². The van der Waals surface area contributed by atoms with Crippen molar-refractivity contribution in [2.45, 2.75) is 13.8 Å². The summed E-state index contributed by atoms with van der Waals surface area (Å²) in [4.78, 5) is 24.4. The van der Waals surface area contributed by atoms with Gasteiger partial charge in [0.1, 0.15) is 5.75 Å². The minimum absolute atomic E-state index is 0.142. The molecule has 148 valence electrons. The van der Waals surface area contributed by atoms with Crippen LogP contribution in [0.4, 0.5) is 11.4 Å². The normalized spacial score (nSPS) is 10.3. The van der Waals surface area contributed by atoms with Crippen LogP contribution in [-0.4, -0.2) is 18.4 Å². The van der Waals surface area contributed by atoms with Crippen molar-refractivity contribution in [1.29, 1.82) is 0 Å². The summed E-state index contributed by atoms with van der Waals surface area (Å²) in [5, 5.41) is 6.23. The van der Waals surface area contributed by atoms with Crippen LogP contribution in [0.5, 0.6) is 5.75 Å². The SMILES string of the molecule is Cc1ccc(NC(=O)c2ccc(OCC(=O)Nc3ccc(Cl)cc3C)cc2)cc1. The Morgan fingerprint density at radius 1 is 0.897 bits per heavy atom. The molecule has 2 N–H and O–H groups in total. The fraction of sp³-hybridized carbons (Fsp3) is 0.130. The Morgan fingerprint density at radius 2 is 1.59 bits per heavy atom. The molecule has 3 aromatic rings. The van der Waals surface area contributed by atoms with Crippen molar-refractivity contribution < 1.29 is 14.3 Å². The number of nitrogens with one attached hydrogen (secondary N) is 2. The van der Waals surface area contributed by atoms with Gasteiger partial charge in [-0.1, -0.05) is 29.3 Å². The summed E-state index contributed by atoms with van der Waals surface area (Å²) in [5.74, 6) is 0.00726. The summed E-state index contributed by atoms with van der Waals surface area (Å²) in [6.45, 7) is 3.71. The summed E-state index contributed by atoms with van der Waals surface area (Å²) in [6, 6.07) is 19.4. The largest absolute Gasteiger partial charge is 0.484 e. The molecule has 5 nitrogen and oxygen atoms in total. The van der Waals surface area contributed by atoms with E-state index in [4.69, 9.17) is 16.3 Å². The van der Waals surface area contributed by atoms with Crippen LogP contribution >= 0.6 is 11.6 Å². The average molecular weight is 409 g/mol. The Labute approximate surface area is 174 Å². The van der Waals surface area contributed by atoms with E-state index < -0.39 is 0 Å². The Morgan fingerprint density at radius 3 is 2.24 bits per heavy atom. The lowest BCUT2D eigenvalue weighted by molar-refractivity contribution is -0.118. The molecule has 0 aromatic heterocycles. The molecule has 29 heavy (non-hydrogen) atoms. The highest BCUT2D eigenvalue weighted by Crippen LogP contribution is 2.20. The van der Waals surface area contributed by atoms with Crippen LogP contribution in [0.1, 0.15) is 21.5 Å². The van der Waals surface area contributed by atoms with E-state index in [2.05, 4.69) is 10.6 Å². The van der Waals surface area contributed by atoms with Gasteiger partial charge in [0, 0.05) is 22.0 Å². The molecule has 0 spiro atoms. The van der Waals surface area contributed by atoms with Crippen molar-refractivity contribution in [3.8, 4) is 5.75 Å². The van der Waals surface area contributed by atoms with Crippen molar-refractivity contribution in [2.75, 3.05) is 17.2 Å². The molecule has 0 aliphatic rings. The zero-order chi connectivity index (χ0) is 20.8. The first kappa shape index (κ1) is 20.4. The zero-order valence-corrected chi connectivity index (χ0v) is 16.9. The third kappa shape index (κ3) is 5.83. The van der Waals surface area contributed by atoms with Gasteiger partial charge in [-0.05, 0) is 74.0 Å². The van der Waals surface area contributed by atoms with Crippen LogP contribution in [0, 0.1) is 13.8 Å². The molecule has 0 atom stereocenters. The maximum atomic E-state index is 12.3. The highest BCUT2D eigenvalue weighted by molar-refractivity contribution is 6.30. The van der Waals surface area contributed by atoms with Crippen molar-refractivity contribution >= 4 is 34.8 Å². The maximum absolute atomic E-state index is 12.3. The highest BCUT2D eigenvalue weighted by atomic mass is 35.5. The molecule has 0 fully saturated rings. The van der Waals surface area contributed by atoms with E-state index in [1.165, 1.54) is 0 Å². The number of hydrogen-bond acceptors (Lipinski definition) is 3. The monoisotopic (exact) mass is 408 g/mol. The molecular weight excluding hydrogens is 388 g/mol. The quantitative estimate of drug-likeness (QED) is 0.587. The molecule has 0 bridgehead atoms. The summed E-state index contributed by atoms with van der Waals surface area (Å²) in [6.07, 6.45) is 0. The van der Waals surface area contributed by atoms with Crippen LogP contribution in [0.15, 0.2) is 66.7 Å². The number of aryl methyl sites for hydroxylation is 2. The van der Waals surface area contributed by atoms with Gasteiger partial charge in [0.05, 0.1) is 0 Å². The number of halogens is 1. The van der Waals surface area contributed by atoms with Crippen LogP contribution in [0.2, 0.25) is 5.02 Å². The van der Waals surface area contributed by atoms with E-state index in [1.807, 2.05) is 38.1 Å². The van der Waals surface area contributed by atoms with Crippen LogP contribution in [0.25, 0.3) is 0 Å². The maximum Gasteiger partial charge on any atom is 0.262 e. The molecule has 6 heteroatoms. The third-order valence-corrected chi connectivity index (χ3v) is 4.49. The van der Waals surface area contributed by atoms with Gasteiger partial charge in [-0.2, -0.15) is 0 Å². The molecule has 0 radical (unpaired) electrons. The second-order valence-electron chi connectivity index (χ2n) is 6.64. The van der Waals surface area contributed by atoms with Gasteiger partial charge in [0.15, 0.2) is 6.61 Å². The number of carbonyl (C=O) groups is 2. The predicted octanol–water partition coefficient (Wildman–Crippen LogP) is 5.23. The lowest BCUT2D eigenvalue weighted by Crippen LogP contribution is -2.20. The zero-order valence-electron chi connectivity index (χ0n) is 16.2. The van der Waals surface area contributed by atoms with E-state index >= 15 is 0 Å².